The Balaban J connectivity index is 2.34. The van der Waals surface area contributed by atoms with Crippen LogP contribution in [0.2, 0.25) is 0 Å². The van der Waals surface area contributed by atoms with E-state index in [-0.39, 0.29) is 5.57 Å². The van der Waals surface area contributed by atoms with E-state index >= 15 is 0 Å². The highest BCUT2D eigenvalue weighted by atomic mass is 127. The van der Waals surface area contributed by atoms with Gasteiger partial charge in [-0.3, -0.25) is 4.79 Å². The number of nitriles is 1. The molecular formula is C19H17IN2O3. The van der Waals surface area contributed by atoms with E-state index < -0.39 is 5.91 Å². The number of halogens is 1. The first-order valence-corrected chi connectivity index (χ1v) is 8.67. The van der Waals surface area contributed by atoms with Gasteiger partial charge in [0, 0.05) is 0 Å². The highest BCUT2D eigenvalue weighted by Gasteiger charge is 2.13. The van der Waals surface area contributed by atoms with Gasteiger partial charge < -0.3 is 15.2 Å². The molecule has 5 nitrogen and oxygen atoms in total. The number of rotatable bonds is 7. The Kier molecular flexibility index (Phi) is 6.83. The molecule has 25 heavy (non-hydrogen) atoms. The molecule has 0 fully saturated rings. The lowest BCUT2D eigenvalue weighted by molar-refractivity contribution is -0.114. The van der Waals surface area contributed by atoms with Crippen molar-refractivity contribution in [2.75, 3.05) is 6.61 Å². The third-order valence-corrected chi connectivity index (χ3v) is 4.06. The highest BCUT2D eigenvalue weighted by Crippen LogP contribution is 2.35. The fraction of sp³-hybridized carbons (Fsp3) is 0.158. The van der Waals surface area contributed by atoms with Gasteiger partial charge in [-0.05, 0) is 58.9 Å². The van der Waals surface area contributed by atoms with Crippen LogP contribution in [-0.4, -0.2) is 12.5 Å². The van der Waals surface area contributed by atoms with Crippen LogP contribution in [0.5, 0.6) is 11.5 Å². The van der Waals surface area contributed by atoms with Crippen LogP contribution in [0.4, 0.5) is 0 Å². The van der Waals surface area contributed by atoms with Crippen molar-refractivity contribution in [2.45, 2.75) is 13.5 Å². The lowest BCUT2D eigenvalue weighted by atomic mass is 10.1. The van der Waals surface area contributed by atoms with E-state index in [4.69, 9.17) is 20.5 Å². The first-order chi connectivity index (χ1) is 12.0. The number of hydrogen-bond donors (Lipinski definition) is 1. The predicted molar refractivity (Wildman–Crippen MR) is 104 cm³/mol. The fourth-order valence-electron chi connectivity index (χ4n) is 2.13. The second kappa shape index (κ2) is 9.08. The maximum atomic E-state index is 11.2. The zero-order valence-electron chi connectivity index (χ0n) is 13.7. The minimum Gasteiger partial charge on any atom is -0.490 e. The number of carbonyl (C=O) groups is 1. The molecule has 0 unspecified atom stereocenters. The topological polar surface area (TPSA) is 85.3 Å². The lowest BCUT2D eigenvalue weighted by Gasteiger charge is -2.15. The van der Waals surface area contributed by atoms with Crippen molar-refractivity contribution in [3.8, 4) is 17.6 Å². The van der Waals surface area contributed by atoms with Crippen molar-refractivity contribution >= 4 is 34.6 Å². The molecule has 2 aromatic carbocycles. The molecule has 2 rings (SSSR count). The van der Waals surface area contributed by atoms with E-state index in [1.54, 1.807) is 12.1 Å². The van der Waals surface area contributed by atoms with E-state index in [0.717, 1.165) is 9.13 Å². The number of benzene rings is 2. The summed E-state index contributed by atoms with van der Waals surface area (Å²) < 4.78 is 12.4. The summed E-state index contributed by atoms with van der Waals surface area (Å²) in [6.45, 7) is 2.75. The van der Waals surface area contributed by atoms with E-state index in [9.17, 15) is 4.79 Å². The standard InChI is InChI=1S/C19H17IN2O3/c1-2-24-17-10-14(8-15(11-21)19(22)23)9-16(20)18(17)25-12-13-6-4-3-5-7-13/h3-10H,2,12H2,1H3,(H2,22,23)/b15-8-. The quantitative estimate of drug-likeness (QED) is 0.398. The van der Waals surface area contributed by atoms with Crippen LogP contribution >= 0.6 is 22.6 Å². The van der Waals surface area contributed by atoms with Gasteiger partial charge in [-0.25, -0.2) is 0 Å². The van der Waals surface area contributed by atoms with Crippen LogP contribution in [0.25, 0.3) is 6.08 Å². The molecule has 0 saturated heterocycles. The van der Waals surface area contributed by atoms with E-state index in [1.807, 2.05) is 43.3 Å². The fourth-order valence-corrected chi connectivity index (χ4v) is 2.91. The molecule has 0 bridgehead atoms. The third kappa shape index (κ3) is 5.22. The number of nitrogens with two attached hydrogens (primary N) is 1. The summed E-state index contributed by atoms with van der Waals surface area (Å²) in [6, 6.07) is 15.2. The molecule has 0 aliphatic carbocycles. The number of carbonyl (C=O) groups excluding carboxylic acids is 1. The molecule has 6 heteroatoms. The smallest absolute Gasteiger partial charge is 0.259 e. The molecular weight excluding hydrogens is 431 g/mol. The molecule has 0 spiro atoms. The summed E-state index contributed by atoms with van der Waals surface area (Å²) in [6.07, 6.45) is 1.44. The molecule has 2 aromatic rings. The Morgan fingerprint density at radius 1 is 1.28 bits per heavy atom. The first kappa shape index (κ1) is 18.8. The molecule has 0 aliphatic heterocycles. The number of nitrogens with zero attached hydrogens (tertiary/aromatic N) is 1. The van der Waals surface area contributed by atoms with Crippen molar-refractivity contribution in [2.24, 2.45) is 5.73 Å². The lowest BCUT2D eigenvalue weighted by Crippen LogP contribution is -2.12. The Hall–Kier alpha value is -2.53. The largest absolute Gasteiger partial charge is 0.490 e. The van der Waals surface area contributed by atoms with Gasteiger partial charge in [-0.15, -0.1) is 0 Å². The van der Waals surface area contributed by atoms with Crippen molar-refractivity contribution in [3.63, 3.8) is 0 Å². The van der Waals surface area contributed by atoms with Crippen molar-refractivity contribution in [1.82, 2.24) is 0 Å². The van der Waals surface area contributed by atoms with Crippen LogP contribution in [0.15, 0.2) is 48.0 Å². The molecule has 0 atom stereocenters. The van der Waals surface area contributed by atoms with Gasteiger partial charge in [0.15, 0.2) is 11.5 Å². The molecule has 0 aromatic heterocycles. The summed E-state index contributed by atoms with van der Waals surface area (Å²) in [7, 11) is 0. The summed E-state index contributed by atoms with van der Waals surface area (Å²) >= 11 is 2.14. The number of primary amides is 1. The van der Waals surface area contributed by atoms with Crippen LogP contribution in [0.3, 0.4) is 0 Å². The average molecular weight is 448 g/mol. The molecule has 1 amide bonds. The van der Waals surface area contributed by atoms with Crippen LogP contribution in [0.1, 0.15) is 18.1 Å². The van der Waals surface area contributed by atoms with E-state index in [1.165, 1.54) is 6.08 Å². The minimum atomic E-state index is -0.764. The zero-order chi connectivity index (χ0) is 18.2. The van der Waals surface area contributed by atoms with Crippen LogP contribution in [-0.2, 0) is 11.4 Å². The normalized spacial score (nSPS) is 10.8. The number of hydrogen-bond acceptors (Lipinski definition) is 4. The molecule has 128 valence electrons. The van der Waals surface area contributed by atoms with Gasteiger partial charge in [-0.2, -0.15) is 5.26 Å². The maximum absolute atomic E-state index is 11.2. The minimum absolute atomic E-state index is 0.115. The molecule has 0 saturated carbocycles. The van der Waals surface area contributed by atoms with Crippen LogP contribution in [0, 0.1) is 14.9 Å². The predicted octanol–water partition coefficient (Wildman–Crippen LogP) is 3.66. The summed E-state index contributed by atoms with van der Waals surface area (Å²) in [4.78, 5) is 11.2. The van der Waals surface area contributed by atoms with Crippen molar-refractivity contribution < 1.29 is 14.3 Å². The van der Waals surface area contributed by atoms with Crippen molar-refractivity contribution in [3.05, 3.63) is 62.7 Å². The van der Waals surface area contributed by atoms with Gasteiger partial charge in [0.1, 0.15) is 18.2 Å². The number of amides is 1. The summed E-state index contributed by atoms with van der Waals surface area (Å²) in [5.74, 6) is 0.416. The van der Waals surface area contributed by atoms with Gasteiger partial charge >= 0.3 is 0 Å². The Morgan fingerprint density at radius 3 is 2.60 bits per heavy atom. The Bertz CT molecular complexity index is 827. The molecule has 0 heterocycles. The third-order valence-electron chi connectivity index (χ3n) is 3.25. The monoisotopic (exact) mass is 448 g/mol. The van der Waals surface area contributed by atoms with E-state index in [2.05, 4.69) is 22.6 Å². The van der Waals surface area contributed by atoms with Gasteiger partial charge in [0.2, 0.25) is 0 Å². The van der Waals surface area contributed by atoms with Gasteiger partial charge in [0.25, 0.3) is 5.91 Å². The summed E-state index contributed by atoms with van der Waals surface area (Å²) in [5.41, 5.74) is 6.76. The average Bonchev–Trinajstić information content (AvgIpc) is 2.60. The SMILES string of the molecule is CCOc1cc(/C=C(/C#N)C(N)=O)cc(I)c1OCc1ccccc1. The maximum Gasteiger partial charge on any atom is 0.259 e. The number of ether oxygens (including phenoxy) is 2. The molecule has 2 N–H and O–H groups in total. The van der Waals surface area contributed by atoms with Gasteiger partial charge in [-0.1, -0.05) is 30.3 Å². The Labute approximate surface area is 160 Å². The Morgan fingerprint density at radius 2 is 2.00 bits per heavy atom. The highest BCUT2D eigenvalue weighted by molar-refractivity contribution is 14.1. The van der Waals surface area contributed by atoms with Crippen molar-refractivity contribution in [1.29, 1.82) is 5.26 Å². The second-order valence-electron chi connectivity index (χ2n) is 5.07. The van der Waals surface area contributed by atoms with Gasteiger partial charge in [0.05, 0.1) is 10.2 Å². The zero-order valence-corrected chi connectivity index (χ0v) is 15.8. The first-order valence-electron chi connectivity index (χ1n) is 7.59. The summed E-state index contributed by atoms with van der Waals surface area (Å²) in [5, 5.41) is 8.99. The second-order valence-corrected chi connectivity index (χ2v) is 6.23. The van der Waals surface area contributed by atoms with Crippen LogP contribution < -0.4 is 15.2 Å². The molecule has 0 aliphatic rings. The molecule has 0 radical (unpaired) electrons. The van der Waals surface area contributed by atoms with E-state index in [0.29, 0.717) is 30.3 Å².